The third-order valence-electron chi connectivity index (χ3n) is 3.81. The summed E-state index contributed by atoms with van der Waals surface area (Å²) >= 11 is 0. The van der Waals surface area contributed by atoms with E-state index in [9.17, 15) is 4.79 Å². The average molecular weight is 219 g/mol. The molecule has 3 rings (SSSR count). The number of aromatic nitrogens is 1. The number of hydrogen-bond donors (Lipinski definition) is 1. The van der Waals surface area contributed by atoms with Gasteiger partial charge in [-0.3, -0.25) is 4.79 Å². The maximum atomic E-state index is 12.2. The van der Waals surface area contributed by atoms with Gasteiger partial charge in [-0.1, -0.05) is 0 Å². The van der Waals surface area contributed by atoms with Crippen LogP contribution in [-0.2, 0) is 7.05 Å². The normalized spacial score (nSPS) is 28.4. The number of fused-ring (bicyclic) bond motifs is 1. The van der Waals surface area contributed by atoms with Crippen molar-refractivity contribution in [3.63, 3.8) is 0 Å². The molecule has 0 unspecified atom stereocenters. The Morgan fingerprint density at radius 1 is 1.50 bits per heavy atom. The van der Waals surface area contributed by atoms with Gasteiger partial charge in [-0.25, -0.2) is 0 Å². The largest absolute Gasteiger partial charge is 0.347 e. The van der Waals surface area contributed by atoms with Crippen LogP contribution in [0.3, 0.4) is 0 Å². The summed E-state index contributed by atoms with van der Waals surface area (Å²) in [6, 6.07) is 4.34. The van der Waals surface area contributed by atoms with Crippen molar-refractivity contribution in [3.05, 3.63) is 24.0 Å². The SMILES string of the molecule is Cn1cccc1C(=O)N1C[C@@H]2CCN[C@@H]2C1. The molecule has 16 heavy (non-hydrogen) atoms. The zero-order valence-electron chi connectivity index (χ0n) is 9.52. The fraction of sp³-hybridized carbons (Fsp3) is 0.583. The Balaban J connectivity index is 1.75. The second kappa shape index (κ2) is 3.63. The molecule has 0 aliphatic carbocycles. The summed E-state index contributed by atoms with van der Waals surface area (Å²) in [5.74, 6) is 0.841. The second-order valence-electron chi connectivity index (χ2n) is 4.82. The highest BCUT2D eigenvalue weighted by molar-refractivity contribution is 5.93. The third kappa shape index (κ3) is 1.45. The fourth-order valence-corrected chi connectivity index (χ4v) is 2.86. The van der Waals surface area contributed by atoms with Gasteiger partial charge in [-0.2, -0.15) is 0 Å². The van der Waals surface area contributed by atoms with E-state index in [2.05, 4.69) is 5.32 Å². The molecule has 2 fully saturated rings. The number of aryl methyl sites for hydroxylation is 1. The van der Waals surface area contributed by atoms with Crippen molar-refractivity contribution >= 4 is 5.91 Å². The molecular formula is C12H17N3O. The third-order valence-corrected chi connectivity index (χ3v) is 3.81. The molecule has 2 atom stereocenters. The maximum absolute atomic E-state index is 12.2. The smallest absolute Gasteiger partial charge is 0.270 e. The van der Waals surface area contributed by atoms with E-state index in [-0.39, 0.29) is 5.91 Å². The first-order valence-corrected chi connectivity index (χ1v) is 5.89. The summed E-state index contributed by atoms with van der Waals surface area (Å²) in [6.07, 6.45) is 3.13. The highest BCUT2D eigenvalue weighted by atomic mass is 16.2. The van der Waals surface area contributed by atoms with Gasteiger partial charge in [0.25, 0.3) is 5.91 Å². The molecule has 4 heteroatoms. The molecule has 1 aromatic heterocycles. The van der Waals surface area contributed by atoms with Crippen LogP contribution in [0.2, 0.25) is 0 Å². The predicted molar refractivity (Wildman–Crippen MR) is 61.2 cm³/mol. The van der Waals surface area contributed by atoms with E-state index in [0.29, 0.717) is 12.0 Å². The molecule has 4 nitrogen and oxygen atoms in total. The summed E-state index contributed by atoms with van der Waals surface area (Å²) in [6.45, 7) is 2.90. The second-order valence-corrected chi connectivity index (χ2v) is 4.82. The van der Waals surface area contributed by atoms with Crippen molar-refractivity contribution in [1.29, 1.82) is 0 Å². The van der Waals surface area contributed by atoms with Gasteiger partial charge in [-0.15, -0.1) is 0 Å². The van der Waals surface area contributed by atoms with Gasteiger partial charge in [-0.05, 0) is 31.0 Å². The van der Waals surface area contributed by atoms with E-state index in [1.54, 1.807) is 0 Å². The van der Waals surface area contributed by atoms with E-state index in [4.69, 9.17) is 0 Å². The molecule has 1 aromatic rings. The lowest BCUT2D eigenvalue weighted by Gasteiger charge is -2.17. The Morgan fingerprint density at radius 2 is 2.38 bits per heavy atom. The van der Waals surface area contributed by atoms with E-state index in [0.717, 1.165) is 25.3 Å². The minimum Gasteiger partial charge on any atom is -0.347 e. The molecular weight excluding hydrogens is 202 g/mol. The Labute approximate surface area is 95.2 Å². The fourth-order valence-electron chi connectivity index (χ4n) is 2.86. The minimum atomic E-state index is 0.170. The molecule has 0 spiro atoms. The van der Waals surface area contributed by atoms with Crippen LogP contribution in [-0.4, -0.2) is 41.1 Å². The highest BCUT2D eigenvalue weighted by Gasteiger charge is 2.38. The van der Waals surface area contributed by atoms with Crippen LogP contribution in [0.4, 0.5) is 0 Å². The Morgan fingerprint density at radius 3 is 3.06 bits per heavy atom. The zero-order chi connectivity index (χ0) is 11.1. The van der Waals surface area contributed by atoms with Crippen LogP contribution < -0.4 is 5.32 Å². The van der Waals surface area contributed by atoms with E-state index in [1.807, 2.05) is 34.8 Å². The number of amides is 1. The van der Waals surface area contributed by atoms with E-state index >= 15 is 0 Å². The van der Waals surface area contributed by atoms with Crippen molar-refractivity contribution in [2.75, 3.05) is 19.6 Å². The van der Waals surface area contributed by atoms with Crippen molar-refractivity contribution in [2.45, 2.75) is 12.5 Å². The van der Waals surface area contributed by atoms with Crippen molar-refractivity contribution in [3.8, 4) is 0 Å². The van der Waals surface area contributed by atoms with Gasteiger partial charge in [0.05, 0.1) is 0 Å². The van der Waals surface area contributed by atoms with Gasteiger partial charge in [0.15, 0.2) is 0 Å². The van der Waals surface area contributed by atoms with Crippen LogP contribution in [0.1, 0.15) is 16.9 Å². The van der Waals surface area contributed by atoms with Crippen LogP contribution in [0.5, 0.6) is 0 Å². The molecule has 0 aromatic carbocycles. The number of hydrogen-bond acceptors (Lipinski definition) is 2. The Kier molecular flexibility index (Phi) is 2.24. The quantitative estimate of drug-likeness (QED) is 0.745. The average Bonchev–Trinajstić information content (AvgIpc) is 2.89. The predicted octanol–water partition coefficient (Wildman–Crippen LogP) is 0.459. The molecule has 2 saturated heterocycles. The summed E-state index contributed by atoms with van der Waals surface area (Å²) in [5, 5.41) is 3.46. The molecule has 3 heterocycles. The molecule has 0 radical (unpaired) electrons. The minimum absolute atomic E-state index is 0.170. The molecule has 1 N–H and O–H groups in total. The van der Waals surface area contributed by atoms with Crippen LogP contribution in [0, 0.1) is 5.92 Å². The molecule has 1 amide bonds. The molecule has 0 bridgehead atoms. The standard InChI is InChI=1S/C12H17N3O/c1-14-6-2-3-11(14)12(16)15-7-9-4-5-13-10(9)8-15/h2-3,6,9-10,13H,4-5,7-8H2,1H3/t9-,10+/m0/s1. The molecule has 0 saturated carbocycles. The topological polar surface area (TPSA) is 37.3 Å². The van der Waals surface area contributed by atoms with Gasteiger partial charge >= 0.3 is 0 Å². The molecule has 2 aliphatic rings. The van der Waals surface area contributed by atoms with Crippen LogP contribution in [0.25, 0.3) is 0 Å². The monoisotopic (exact) mass is 219 g/mol. The lowest BCUT2D eigenvalue weighted by Crippen LogP contribution is -2.34. The molecule has 86 valence electrons. The maximum Gasteiger partial charge on any atom is 0.270 e. The first-order chi connectivity index (χ1) is 7.75. The summed E-state index contributed by atoms with van der Waals surface area (Å²) in [7, 11) is 1.92. The highest BCUT2D eigenvalue weighted by Crippen LogP contribution is 2.25. The number of rotatable bonds is 1. The number of nitrogens with one attached hydrogen (secondary N) is 1. The van der Waals surface area contributed by atoms with Crippen molar-refractivity contribution in [2.24, 2.45) is 13.0 Å². The number of nitrogens with zero attached hydrogens (tertiary/aromatic N) is 2. The lowest BCUT2D eigenvalue weighted by molar-refractivity contribution is 0.0773. The van der Waals surface area contributed by atoms with E-state index < -0.39 is 0 Å². The Bertz CT molecular complexity index is 400. The van der Waals surface area contributed by atoms with Gasteiger partial charge < -0.3 is 14.8 Å². The van der Waals surface area contributed by atoms with Gasteiger partial charge in [0, 0.05) is 32.4 Å². The number of carbonyl (C=O) groups is 1. The zero-order valence-corrected chi connectivity index (χ0v) is 9.52. The van der Waals surface area contributed by atoms with E-state index in [1.165, 1.54) is 6.42 Å². The lowest BCUT2D eigenvalue weighted by atomic mass is 10.1. The molecule has 2 aliphatic heterocycles. The number of likely N-dealkylation sites (tertiary alicyclic amines) is 1. The van der Waals surface area contributed by atoms with Crippen molar-refractivity contribution in [1.82, 2.24) is 14.8 Å². The van der Waals surface area contributed by atoms with Crippen LogP contribution in [0.15, 0.2) is 18.3 Å². The first-order valence-electron chi connectivity index (χ1n) is 5.89. The van der Waals surface area contributed by atoms with Gasteiger partial charge in [0.1, 0.15) is 5.69 Å². The summed E-state index contributed by atoms with van der Waals surface area (Å²) in [4.78, 5) is 14.2. The summed E-state index contributed by atoms with van der Waals surface area (Å²) in [5.41, 5.74) is 0.792. The van der Waals surface area contributed by atoms with Gasteiger partial charge in [0.2, 0.25) is 0 Å². The number of carbonyl (C=O) groups excluding carboxylic acids is 1. The van der Waals surface area contributed by atoms with Crippen molar-refractivity contribution < 1.29 is 4.79 Å². The summed E-state index contributed by atoms with van der Waals surface area (Å²) < 4.78 is 1.89. The Hall–Kier alpha value is -1.29. The van der Waals surface area contributed by atoms with Crippen LogP contribution >= 0.6 is 0 Å². The first kappa shape index (κ1) is 9.90.